The zero-order valence-corrected chi connectivity index (χ0v) is 34.5. The maximum atomic E-state index is 14.3. The highest BCUT2D eigenvalue weighted by atomic mass is 16.7. The molecule has 304 valence electrons. The van der Waals surface area contributed by atoms with E-state index in [0.717, 1.165) is 57.3 Å². The number of rotatable bonds is 13. The molecule has 0 aromatic carbocycles. The van der Waals surface area contributed by atoms with Crippen molar-refractivity contribution >= 4 is 11.8 Å². The normalized spacial score (nSPS) is 41.8. The minimum absolute atomic E-state index is 0.0151. The zero-order chi connectivity index (χ0) is 38.2. The first kappa shape index (κ1) is 41.3. The van der Waals surface area contributed by atoms with Gasteiger partial charge in [-0.1, -0.05) is 59.3 Å². The second-order valence-corrected chi connectivity index (χ2v) is 19.7. The van der Waals surface area contributed by atoms with E-state index in [1.54, 1.807) is 12.0 Å². The van der Waals surface area contributed by atoms with Crippen LogP contribution in [0.25, 0.3) is 0 Å². The van der Waals surface area contributed by atoms with Gasteiger partial charge in [0.15, 0.2) is 0 Å². The Kier molecular flexibility index (Phi) is 13.6. The van der Waals surface area contributed by atoms with Gasteiger partial charge in [0, 0.05) is 49.5 Å². The first-order valence-electron chi connectivity index (χ1n) is 21.8. The molecule has 1 aliphatic heterocycles. The van der Waals surface area contributed by atoms with Crippen LogP contribution < -0.4 is 10.6 Å². The van der Waals surface area contributed by atoms with Crippen molar-refractivity contribution in [2.24, 2.45) is 58.7 Å². The number of carbonyl (C=O) groups is 2. The van der Waals surface area contributed by atoms with E-state index in [4.69, 9.17) is 9.57 Å². The molecule has 10 nitrogen and oxygen atoms in total. The fraction of sp³-hybridized carbons (Fsp3) is 0.953. The Hall–Kier alpha value is -1.30. The van der Waals surface area contributed by atoms with E-state index in [2.05, 4.69) is 57.3 Å². The van der Waals surface area contributed by atoms with Crippen LogP contribution in [0.4, 0.5) is 0 Å². The van der Waals surface area contributed by atoms with Gasteiger partial charge in [-0.15, -0.1) is 0 Å². The van der Waals surface area contributed by atoms with Crippen molar-refractivity contribution in [2.45, 2.75) is 167 Å². The van der Waals surface area contributed by atoms with Crippen LogP contribution in [0.15, 0.2) is 0 Å². The fourth-order valence-electron chi connectivity index (χ4n) is 12.8. The molecule has 2 bridgehead atoms. The molecule has 2 amide bonds. The van der Waals surface area contributed by atoms with Gasteiger partial charge in [0.2, 0.25) is 11.8 Å². The van der Waals surface area contributed by atoms with Gasteiger partial charge in [-0.2, -0.15) is 5.06 Å². The predicted octanol–water partition coefficient (Wildman–Crippen LogP) is 5.40. The number of nitrogens with one attached hydrogen (secondary N) is 2. The second-order valence-electron chi connectivity index (χ2n) is 19.7. The molecule has 53 heavy (non-hydrogen) atoms. The summed E-state index contributed by atoms with van der Waals surface area (Å²) in [5.41, 5.74) is 0.321. The van der Waals surface area contributed by atoms with Crippen molar-refractivity contribution in [1.29, 1.82) is 0 Å². The standard InChI is InChI=1S/C43H76N4O6/c1-25(17-28-13-10-9-11-14-28)44-41(50)31-18-30(19-33(20-31)46(6)7)34-16-12-15-29(40(34)52-8)23-47-39(38(27(3)49)37(24-48)53-47)42(51)45-36-22-32-21-35(26(36)2)43(32,4)5/h25-40,48-49H,9-24H2,1-8H3,(H,44,50)(H,45,51)/t25-,26-,27-,29?,30?,31?,32+,33?,34?,35-,36-,37-,38-,39-,40?/m0/s1. The quantitative estimate of drug-likeness (QED) is 0.198. The van der Waals surface area contributed by atoms with E-state index in [9.17, 15) is 19.8 Å². The summed E-state index contributed by atoms with van der Waals surface area (Å²) >= 11 is 0. The van der Waals surface area contributed by atoms with Crippen molar-refractivity contribution in [2.75, 3.05) is 34.4 Å². The summed E-state index contributed by atoms with van der Waals surface area (Å²) in [5.74, 6) is 2.67. The van der Waals surface area contributed by atoms with Gasteiger partial charge in [0.25, 0.3) is 0 Å². The molecular formula is C43H76N4O6. The summed E-state index contributed by atoms with van der Waals surface area (Å²) in [7, 11) is 6.12. The smallest absolute Gasteiger partial charge is 0.240 e. The second kappa shape index (κ2) is 17.5. The highest BCUT2D eigenvalue weighted by molar-refractivity contribution is 5.83. The number of ether oxygens (including phenoxy) is 1. The minimum atomic E-state index is -0.819. The third-order valence-corrected chi connectivity index (χ3v) is 16.0. The molecule has 0 aromatic rings. The van der Waals surface area contributed by atoms with Gasteiger partial charge < -0.3 is 30.5 Å². The van der Waals surface area contributed by atoms with Gasteiger partial charge in [-0.25, -0.2) is 0 Å². The van der Waals surface area contributed by atoms with Crippen LogP contribution in [0, 0.1) is 58.7 Å². The topological polar surface area (TPSA) is 124 Å². The molecule has 1 saturated heterocycles. The lowest BCUT2D eigenvalue weighted by Crippen LogP contribution is -2.62. The van der Waals surface area contributed by atoms with E-state index in [-0.39, 0.29) is 48.4 Å². The number of hydroxylamine groups is 2. The van der Waals surface area contributed by atoms with Gasteiger partial charge >= 0.3 is 0 Å². The maximum Gasteiger partial charge on any atom is 0.240 e. The lowest BCUT2D eigenvalue weighted by molar-refractivity contribution is -0.193. The summed E-state index contributed by atoms with van der Waals surface area (Å²) in [4.78, 5) is 36.9. The number of amides is 2. The van der Waals surface area contributed by atoms with E-state index < -0.39 is 24.2 Å². The van der Waals surface area contributed by atoms with E-state index in [1.807, 2.05) is 7.11 Å². The molecule has 7 fully saturated rings. The number of hydrogen-bond donors (Lipinski definition) is 4. The van der Waals surface area contributed by atoms with Crippen LogP contribution in [0.1, 0.15) is 125 Å². The Morgan fingerprint density at radius 3 is 2.34 bits per heavy atom. The molecule has 6 aliphatic carbocycles. The molecule has 7 rings (SSSR count). The molecule has 7 aliphatic rings. The van der Waals surface area contributed by atoms with Crippen molar-refractivity contribution in [3.8, 4) is 0 Å². The summed E-state index contributed by atoms with van der Waals surface area (Å²) in [6.07, 6.45) is 14.3. The molecule has 6 unspecified atom stereocenters. The van der Waals surface area contributed by atoms with E-state index >= 15 is 0 Å². The molecule has 10 heteroatoms. The first-order valence-corrected chi connectivity index (χ1v) is 21.8. The molecule has 1 heterocycles. The Bertz CT molecular complexity index is 1230. The number of fused-ring (bicyclic) bond motifs is 2. The number of carbonyl (C=O) groups excluding carboxylic acids is 2. The third kappa shape index (κ3) is 8.83. The zero-order valence-electron chi connectivity index (χ0n) is 34.5. The van der Waals surface area contributed by atoms with Crippen LogP contribution in [0.2, 0.25) is 0 Å². The van der Waals surface area contributed by atoms with E-state index in [0.29, 0.717) is 47.6 Å². The van der Waals surface area contributed by atoms with Gasteiger partial charge in [-0.3, -0.25) is 14.4 Å². The van der Waals surface area contributed by atoms with Crippen LogP contribution in [0.5, 0.6) is 0 Å². The summed E-state index contributed by atoms with van der Waals surface area (Å²) in [5, 5.41) is 30.1. The lowest BCUT2D eigenvalue weighted by Gasteiger charge is -2.62. The van der Waals surface area contributed by atoms with Crippen LogP contribution in [-0.4, -0.2) is 109 Å². The summed E-state index contributed by atoms with van der Waals surface area (Å²) in [6.45, 7) is 11.2. The molecule has 4 N–H and O–H groups in total. The molecule has 15 atom stereocenters. The fourth-order valence-corrected chi connectivity index (χ4v) is 12.8. The van der Waals surface area contributed by atoms with Gasteiger partial charge in [0.05, 0.1) is 18.8 Å². The Morgan fingerprint density at radius 2 is 1.72 bits per heavy atom. The Morgan fingerprint density at radius 1 is 0.981 bits per heavy atom. The van der Waals surface area contributed by atoms with Gasteiger partial charge in [-0.05, 0) is 120 Å². The molecule has 6 saturated carbocycles. The van der Waals surface area contributed by atoms with Crippen molar-refractivity contribution in [3.63, 3.8) is 0 Å². The minimum Gasteiger partial charge on any atom is -0.394 e. The lowest BCUT2D eigenvalue weighted by atomic mass is 9.45. The maximum absolute atomic E-state index is 14.3. The average Bonchev–Trinajstić information content (AvgIpc) is 3.50. The largest absolute Gasteiger partial charge is 0.394 e. The number of nitrogens with zero attached hydrogens (tertiary/aromatic N) is 2. The number of methoxy groups -OCH3 is 1. The highest BCUT2D eigenvalue weighted by Crippen LogP contribution is 2.61. The molecule has 0 radical (unpaired) electrons. The van der Waals surface area contributed by atoms with Gasteiger partial charge in [0.1, 0.15) is 12.1 Å². The predicted molar refractivity (Wildman–Crippen MR) is 207 cm³/mol. The van der Waals surface area contributed by atoms with Crippen molar-refractivity contribution in [1.82, 2.24) is 20.6 Å². The summed E-state index contributed by atoms with van der Waals surface area (Å²) in [6, 6.07) is -0.0554. The van der Waals surface area contributed by atoms with E-state index in [1.165, 1.54) is 38.5 Å². The van der Waals surface area contributed by atoms with Crippen LogP contribution in [-0.2, 0) is 19.2 Å². The molecule has 0 aromatic heterocycles. The highest BCUT2D eigenvalue weighted by Gasteiger charge is 2.58. The Labute approximate surface area is 321 Å². The monoisotopic (exact) mass is 745 g/mol. The average molecular weight is 745 g/mol. The van der Waals surface area contributed by atoms with Crippen LogP contribution >= 0.6 is 0 Å². The number of hydrogen-bond acceptors (Lipinski definition) is 8. The number of aliphatic hydroxyl groups is 2. The summed E-state index contributed by atoms with van der Waals surface area (Å²) < 4.78 is 6.42. The third-order valence-electron chi connectivity index (χ3n) is 16.0. The first-order chi connectivity index (χ1) is 25.2. The van der Waals surface area contributed by atoms with Crippen LogP contribution in [0.3, 0.4) is 0 Å². The number of aliphatic hydroxyl groups excluding tert-OH is 2. The Balaban J connectivity index is 1.14. The molecular weight excluding hydrogens is 668 g/mol. The van der Waals surface area contributed by atoms with Crippen molar-refractivity contribution < 1.29 is 29.4 Å². The van der Waals surface area contributed by atoms with Crippen molar-refractivity contribution in [3.05, 3.63) is 0 Å². The molecule has 0 spiro atoms. The SMILES string of the molecule is COC1C(CN2O[C@@H](CO)[C@H]([C@H](C)O)[C@H]2C(=O)N[C@H]2C[C@H]3C[C@@H]([C@@H]2C)C3(C)C)CCCC1C1CC(C(=O)N[C@@H](C)CC2CCCCC2)CC(N(C)C)C1.